The van der Waals surface area contributed by atoms with Crippen LogP contribution in [0.5, 0.6) is 11.5 Å². The van der Waals surface area contributed by atoms with Crippen LogP contribution in [0.15, 0.2) is 91.1 Å². The van der Waals surface area contributed by atoms with Crippen LogP contribution in [0.3, 0.4) is 0 Å². The first-order valence-electron chi connectivity index (χ1n) is 13.9. The zero-order chi connectivity index (χ0) is 30.7. The van der Waals surface area contributed by atoms with Crippen molar-refractivity contribution < 1.29 is 22.3 Å². The molecule has 0 radical (unpaired) electrons. The Bertz CT molecular complexity index is 2250. The standard InChI is InChI=1S/C35H24F4N4O/c1-19-13-14-40-31(15-19)42-29-10-5-4-9-25(29)26-12-11-24(17-30(26)42)44-23-8-6-7-22(16-23)43-21(3)32(20(2)41-43)33-27(36)18-28(37)34(38)35(33)39/h4-18H,1-3H3. The number of pyridine rings is 1. The minimum absolute atomic E-state index is 0.0493. The first kappa shape index (κ1) is 27.4. The maximum atomic E-state index is 14.7. The molecule has 4 aromatic carbocycles. The second kappa shape index (κ2) is 10.4. The third-order valence-corrected chi connectivity index (χ3v) is 7.73. The summed E-state index contributed by atoms with van der Waals surface area (Å²) in [5.74, 6) is -4.26. The van der Waals surface area contributed by atoms with E-state index in [-0.39, 0.29) is 11.3 Å². The molecule has 3 heterocycles. The van der Waals surface area contributed by atoms with Crippen LogP contribution >= 0.6 is 0 Å². The highest BCUT2D eigenvalue weighted by molar-refractivity contribution is 6.09. The Morgan fingerprint density at radius 1 is 0.659 bits per heavy atom. The van der Waals surface area contributed by atoms with E-state index in [0.717, 1.165) is 33.2 Å². The molecule has 0 amide bonds. The van der Waals surface area contributed by atoms with Crippen LogP contribution in [-0.2, 0) is 0 Å². The maximum Gasteiger partial charge on any atom is 0.195 e. The van der Waals surface area contributed by atoms with Gasteiger partial charge in [-0.05, 0) is 68.8 Å². The van der Waals surface area contributed by atoms with Crippen molar-refractivity contribution in [1.82, 2.24) is 19.3 Å². The SMILES string of the molecule is Cc1ccnc(-n2c3ccccc3c3ccc(Oc4cccc(-n5nc(C)c(-c6c(F)cc(F)c(F)c6F)c5C)c4)cc32)c1. The summed E-state index contributed by atoms with van der Waals surface area (Å²) in [6, 6.07) is 25.4. The van der Waals surface area contributed by atoms with E-state index in [1.54, 1.807) is 44.3 Å². The maximum absolute atomic E-state index is 14.7. The molecule has 0 fully saturated rings. The Kier molecular flexibility index (Phi) is 6.46. The zero-order valence-corrected chi connectivity index (χ0v) is 23.9. The number of rotatable bonds is 5. The molecule has 9 heteroatoms. The number of hydrogen-bond donors (Lipinski definition) is 0. The van der Waals surface area contributed by atoms with Crippen molar-refractivity contribution in [2.24, 2.45) is 0 Å². The second-order valence-corrected chi connectivity index (χ2v) is 10.6. The van der Waals surface area contributed by atoms with Crippen LogP contribution in [0.25, 0.3) is 44.4 Å². The van der Waals surface area contributed by atoms with Gasteiger partial charge < -0.3 is 4.74 Å². The van der Waals surface area contributed by atoms with Gasteiger partial charge in [-0.2, -0.15) is 5.10 Å². The van der Waals surface area contributed by atoms with Crippen molar-refractivity contribution in [2.45, 2.75) is 20.8 Å². The number of halogens is 4. The second-order valence-electron chi connectivity index (χ2n) is 10.6. The van der Waals surface area contributed by atoms with Crippen molar-refractivity contribution in [1.29, 1.82) is 0 Å². The lowest BCUT2D eigenvalue weighted by Gasteiger charge is -2.11. The zero-order valence-electron chi connectivity index (χ0n) is 23.9. The number of benzene rings is 4. The van der Waals surface area contributed by atoms with Gasteiger partial charge in [0.2, 0.25) is 0 Å². The van der Waals surface area contributed by atoms with E-state index in [1.807, 2.05) is 49.4 Å². The molecular formula is C35H24F4N4O. The molecule has 0 spiro atoms. The fourth-order valence-electron chi connectivity index (χ4n) is 5.77. The summed E-state index contributed by atoms with van der Waals surface area (Å²) < 4.78 is 66.9. The summed E-state index contributed by atoms with van der Waals surface area (Å²) in [5.41, 5.74) is 3.58. The molecular weight excluding hydrogens is 568 g/mol. The highest BCUT2D eigenvalue weighted by atomic mass is 19.2. The van der Waals surface area contributed by atoms with Gasteiger partial charge in [-0.1, -0.05) is 24.3 Å². The summed E-state index contributed by atoms with van der Waals surface area (Å²) >= 11 is 0. The highest BCUT2D eigenvalue weighted by Crippen LogP contribution is 2.37. The average Bonchev–Trinajstić information content (AvgIpc) is 3.49. The smallest absolute Gasteiger partial charge is 0.195 e. The molecule has 7 rings (SSSR count). The van der Waals surface area contributed by atoms with E-state index in [4.69, 9.17) is 4.74 Å². The molecule has 0 unspecified atom stereocenters. The van der Waals surface area contributed by atoms with Gasteiger partial charge in [0.1, 0.15) is 23.1 Å². The lowest BCUT2D eigenvalue weighted by molar-refractivity contribution is 0.437. The molecule has 5 nitrogen and oxygen atoms in total. The summed E-state index contributed by atoms with van der Waals surface area (Å²) in [6.45, 7) is 5.18. The highest BCUT2D eigenvalue weighted by Gasteiger charge is 2.26. The van der Waals surface area contributed by atoms with E-state index in [2.05, 4.69) is 26.8 Å². The van der Waals surface area contributed by atoms with Gasteiger partial charge in [0.05, 0.1) is 28.0 Å². The third-order valence-electron chi connectivity index (χ3n) is 7.73. The molecule has 0 atom stereocenters. The van der Waals surface area contributed by atoms with Gasteiger partial charge >= 0.3 is 0 Å². The van der Waals surface area contributed by atoms with Gasteiger partial charge in [0.15, 0.2) is 17.5 Å². The molecule has 0 saturated heterocycles. The number of nitrogens with zero attached hydrogens (tertiary/aromatic N) is 4. The first-order chi connectivity index (χ1) is 21.2. The lowest BCUT2D eigenvalue weighted by Crippen LogP contribution is -2.02. The molecule has 0 saturated carbocycles. The Morgan fingerprint density at radius 3 is 2.25 bits per heavy atom. The first-order valence-corrected chi connectivity index (χ1v) is 13.9. The normalized spacial score (nSPS) is 11.5. The summed E-state index contributed by atoms with van der Waals surface area (Å²) in [6.07, 6.45) is 1.79. The fourth-order valence-corrected chi connectivity index (χ4v) is 5.77. The Morgan fingerprint density at radius 2 is 1.43 bits per heavy atom. The van der Waals surface area contributed by atoms with Crippen LogP contribution in [0.4, 0.5) is 17.6 Å². The predicted octanol–water partition coefficient (Wildman–Crippen LogP) is 9.31. The molecule has 0 bridgehead atoms. The van der Waals surface area contributed by atoms with Gasteiger partial charge in [-0.25, -0.2) is 27.2 Å². The van der Waals surface area contributed by atoms with E-state index in [9.17, 15) is 17.6 Å². The quantitative estimate of drug-likeness (QED) is 0.114. The Labute approximate surface area is 249 Å². The molecule has 7 aromatic rings. The number of ether oxygens (including phenoxy) is 1. The lowest BCUT2D eigenvalue weighted by atomic mass is 10.0. The molecule has 0 N–H and O–H groups in total. The number of para-hydroxylation sites is 1. The minimum atomic E-state index is -1.74. The van der Waals surface area contributed by atoms with Crippen molar-refractivity contribution in [3.8, 4) is 34.1 Å². The Hall–Kier alpha value is -5.44. The summed E-state index contributed by atoms with van der Waals surface area (Å²) in [5, 5.41) is 6.60. The topological polar surface area (TPSA) is 44.9 Å². The molecule has 218 valence electrons. The molecule has 44 heavy (non-hydrogen) atoms. The van der Waals surface area contributed by atoms with E-state index < -0.39 is 28.8 Å². The van der Waals surface area contributed by atoms with E-state index >= 15 is 0 Å². The molecule has 3 aromatic heterocycles. The number of fused-ring (bicyclic) bond motifs is 3. The van der Waals surface area contributed by atoms with Crippen LogP contribution in [0.2, 0.25) is 0 Å². The molecule has 0 aliphatic carbocycles. The van der Waals surface area contributed by atoms with Crippen molar-refractivity contribution in [2.75, 3.05) is 0 Å². The number of hydrogen-bond acceptors (Lipinski definition) is 3. The van der Waals surface area contributed by atoms with Crippen molar-refractivity contribution in [3.63, 3.8) is 0 Å². The largest absolute Gasteiger partial charge is 0.457 e. The van der Waals surface area contributed by atoms with Gasteiger partial charge in [-0.15, -0.1) is 0 Å². The van der Waals surface area contributed by atoms with Gasteiger partial charge in [0.25, 0.3) is 0 Å². The average molecular weight is 593 g/mol. The number of aromatic nitrogens is 4. The van der Waals surface area contributed by atoms with Crippen molar-refractivity contribution in [3.05, 3.63) is 131 Å². The summed E-state index contributed by atoms with van der Waals surface area (Å²) in [7, 11) is 0. The fraction of sp³-hybridized carbons (Fsp3) is 0.0857. The minimum Gasteiger partial charge on any atom is -0.457 e. The van der Waals surface area contributed by atoms with Gasteiger partial charge in [-0.3, -0.25) is 4.57 Å². The van der Waals surface area contributed by atoms with E-state index in [1.165, 1.54) is 4.68 Å². The molecule has 0 aliphatic heterocycles. The van der Waals surface area contributed by atoms with E-state index in [0.29, 0.717) is 28.9 Å². The predicted molar refractivity (Wildman–Crippen MR) is 162 cm³/mol. The molecule has 0 aliphatic rings. The summed E-state index contributed by atoms with van der Waals surface area (Å²) in [4.78, 5) is 4.63. The van der Waals surface area contributed by atoms with Crippen LogP contribution in [0, 0.1) is 44.0 Å². The number of aryl methyl sites for hydroxylation is 2. The van der Waals surface area contributed by atoms with Crippen LogP contribution in [-0.4, -0.2) is 19.3 Å². The van der Waals surface area contributed by atoms with Crippen LogP contribution in [0.1, 0.15) is 17.0 Å². The van der Waals surface area contributed by atoms with Crippen molar-refractivity contribution >= 4 is 21.8 Å². The third kappa shape index (κ3) is 4.40. The monoisotopic (exact) mass is 592 g/mol. The van der Waals surface area contributed by atoms with Crippen LogP contribution < -0.4 is 4.74 Å². The van der Waals surface area contributed by atoms with Gasteiger partial charge in [0, 0.05) is 46.4 Å². The Balaban J connectivity index is 1.29.